The lowest BCUT2D eigenvalue weighted by Gasteiger charge is -2.14. The number of rotatable bonds is 4. The quantitative estimate of drug-likeness (QED) is 0.919. The molecule has 1 unspecified atom stereocenters. The molecule has 2 aromatic heterocycles. The molecular formula is C13H17N3OS. The van der Waals surface area contributed by atoms with Crippen molar-refractivity contribution in [3.05, 3.63) is 33.9 Å². The Balaban J connectivity index is 2.10. The number of nitrogens with zero attached hydrogens (tertiary/aromatic N) is 2. The van der Waals surface area contributed by atoms with Gasteiger partial charge >= 0.3 is 0 Å². The molecule has 4 nitrogen and oxygen atoms in total. The predicted octanol–water partition coefficient (Wildman–Crippen LogP) is 3.34. The van der Waals surface area contributed by atoms with Crippen molar-refractivity contribution < 1.29 is 4.74 Å². The number of ether oxygens (including phenoxy) is 1. The molecule has 1 atom stereocenters. The van der Waals surface area contributed by atoms with Gasteiger partial charge in [0.05, 0.1) is 35.7 Å². The normalized spacial score (nSPS) is 12.2. The Bertz CT molecular complexity index is 522. The van der Waals surface area contributed by atoms with Crippen LogP contribution in [0.25, 0.3) is 0 Å². The fourth-order valence-corrected chi connectivity index (χ4v) is 2.77. The molecule has 18 heavy (non-hydrogen) atoms. The van der Waals surface area contributed by atoms with Crippen LogP contribution in [-0.2, 0) is 0 Å². The number of thiazole rings is 1. The van der Waals surface area contributed by atoms with Crippen LogP contribution in [0.3, 0.4) is 0 Å². The van der Waals surface area contributed by atoms with E-state index in [2.05, 4.69) is 29.1 Å². The lowest BCUT2D eigenvalue weighted by atomic mass is 10.2. The van der Waals surface area contributed by atoms with E-state index in [-0.39, 0.29) is 6.04 Å². The van der Waals surface area contributed by atoms with Gasteiger partial charge in [-0.05, 0) is 26.8 Å². The summed E-state index contributed by atoms with van der Waals surface area (Å²) in [6, 6.07) is 3.97. The summed E-state index contributed by atoms with van der Waals surface area (Å²) in [6.45, 7) is 6.24. The summed E-state index contributed by atoms with van der Waals surface area (Å²) in [4.78, 5) is 9.98. The van der Waals surface area contributed by atoms with Crippen LogP contribution in [0.4, 0.5) is 5.69 Å². The lowest BCUT2D eigenvalue weighted by Crippen LogP contribution is -2.08. The number of hydrogen-bond acceptors (Lipinski definition) is 5. The van der Waals surface area contributed by atoms with Crippen LogP contribution in [0.1, 0.15) is 28.5 Å². The highest BCUT2D eigenvalue weighted by Crippen LogP contribution is 2.25. The molecule has 0 radical (unpaired) electrons. The Hall–Kier alpha value is -1.62. The van der Waals surface area contributed by atoms with E-state index in [9.17, 15) is 0 Å². The maximum absolute atomic E-state index is 5.03. The zero-order valence-electron chi connectivity index (χ0n) is 11.0. The van der Waals surface area contributed by atoms with Crippen molar-refractivity contribution in [2.45, 2.75) is 26.8 Å². The van der Waals surface area contributed by atoms with Gasteiger partial charge in [-0.2, -0.15) is 0 Å². The number of aryl methyl sites for hydroxylation is 2. The third kappa shape index (κ3) is 2.79. The summed E-state index contributed by atoms with van der Waals surface area (Å²) < 4.78 is 5.03. The van der Waals surface area contributed by atoms with Crippen molar-refractivity contribution in [2.24, 2.45) is 0 Å². The third-order valence-electron chi connectivity index (χ3n) is 2.68. The summed E-state index contributed by atoms with van der Waals surface area (Å²) in [5.74, 6) is 0.619. The smallest absolute Gasteiger partial charge is 0.213 e. The second-order valence-corrected chi connectivity index (χ2v) is 5.54. The molecule has 0 amide bonds. The van der Waals surface area contributed by atoms with Gasteiger partial charge in [-0.25, -0.2) is 9.97 Å². The van der Waals surface area contributed by atoms with Gasteiger partial charge in [0.15, 0.2) is 0 Å². The van der Waals surface area contributed by atoms with Crippen LogP contribution < -0.4 is 10.1 Å². The summed E-state index contributed by atoms with van der Waals surface area (Å²) in [5, 5.41) is 4.49. The summed E-state index contributed by atoms with van der Waals surface area (Å²) in [5.41, 5.74) is 2.07. The molecule has 2 rings (SSSR count). The first-order valence-electron chi connectivity index (χ1n) is 5.80. The summed E-state index contributed by atoms with van der Waals surface area (Å²) in [6.07, 6.45) is 1.77. The highest BCUT2D eigenvalue weighted by Gasteiger charge is 2.12. The molecule has 1 N–H and O–H groups in total. The maximum Gasteiger partial charge on any atom is 0.213 e. The molecule has 5 heteroatoms. The van der Waals surface area contributed by atoms with Crippen molar-refractivity contribution in [1.29, 1.82) is 0 Å². The number of nitrogens with one attached hydrogen (secondary N) is 1. The second kappa shape index (κ2) is 5.35. The SMILES string of the molecule is COc1ccc(NC(C)c2nc(C)sc2C)cn1. The van der Waals surface area contributed by atoms with Crippen LogP contribution in [0.2, 0.25) is 0 Å². The van der Waals surface area contributed by atoms with E-state index < -0.39 is 0 Å². The minimum Gasteiger partial charge on any atom is -0.481 e. The van der Waals surface area contributed by atoms with Gasteiger partial charge in [-0.3, -0.25) is 0 Å². The van der Waals surface area contributed by atoms with Crippen LogP contribution in [0.5, 0.6) is 5.88 Å². The maximum atomic E-state index is 5.03. The standard InChI is InChI=1S/C13H17N3OS/c1-8(13-9(2)18-10(3)16-13)15-11-5-6-12(17-4)14-7-11/h5-8,15H,1-4H3. The number of methoxy groups -OCH3 is 1. The van der Waals surface area contributed by atoms with Crippen molar-refractivity contribution in [3.63, 3.8) is 0 Å². The molecule has 0 bridgehead atoms. The van der Waals surface area contributed by atoms with E-state index >= 15 is 0 Å². The Morgan fingerprint density at radius 1 is 1.33 bits per heavy atom. The summed E-state index contributed by atoms with van der Waals surface area (Å²) in [7, 11) is 1.61. The van der Waals surface area contributed by atoms with Gasteiger partial charge in [-0.1, -0.05) is 0 Å². The zero-order valence-corrected chi connectivity index (χ0v) is 11.8. The molecule has 0 spiro atoms. The molecule has 0 aliphatic carbocycles. The van der Waals surface area contributed by atoms with Crippen LogP contribution >= 0.6 is 11.3 Å². The largest absolute Gasteiger partial charge is 0.481 e. The van der Waals surface area contributed by atoms with Gasteiger partial charge in [0.2, 0.25) is 5.88 Å². The Morgan fingerprint density at radius 2 is 2.11 bits per heavy atom. The average Bonchev–Trinajstić information content (AvgIpc) is 2.69. The zero-order chi connectivity index (χ0) is 13.1. The monoisotopic (exact) mass is 263 g/mol. The van der Waals surface area contributed by atoms with Gasteiger partial charge in [0, 0.05) is 10.9 Å². The topological polar surface area (TPSA) is 47.0 Å². The molecule has 0 aromatic carbocycles. The molecule has 2 aromatic rings. The van der Waals surface area contributed by atoms with Gasteiger partial charge in [0.1, 0.15) is 0 Å². The summed E-state index contributed by atoms with van der Waals surface area (Å²) >= 11 is 1.73. The molecular weight excluding hydrogens is 246 g/mol. The second-order valence-electron chi connectivity index (χ2n) is 4.13. The molecule has 0 saturated heterocycles. The third-order valence-corrected chi connectivity index (χ3v) is 3.58. The van der Waals surface area contributed by atoms with Gasteiger partial charge < -0.3 is 10.1 Å². The molecule has 0 aliphatic heterocycles. The fourth-order valence-electron chi connectivity index (χ4n) is 1.85. The molecule has 0 aliphatic rings. The number of hydrogen-bond donors (Lipinski definition) is 1. The van der Waals surface area contributed by atoms with E-state index in [1.54, 1.807) is 24.6 Å². The first kappa shape index (κ1) is 12.8. The highest BCUT2D eigenvalue weighted by atomic mass is 32.1. The van der Waals surface area contributed by atoms with Gasteiger partial charge in [-0.15, -0.1) is 11.3 Å². The van der Waals surface area contributed by atoms with Gasteiger partial charge in [0.25, 0.3) is 0 Å². The van der Waals surface area contributed by atoms with Crippen LogP contribution in [0.15, 0.2) is 18.3 Å². The van der Waals surface area contributed by atoms with E-state index in [1.807, 2.05) is 19.1 Å². The minimum absolute atomic E-state index is 0.171. The highest BCUT2D eigenvalue weighted by molar-refractivity contribution is 7.11. The Morgan fingerprint density at radius 3 is 2.61 bits per heavy atom. The first-order valence-corrected chi connectivity index (χ1v) is 6.62. The van der Waals surface area contributed by atoms with E-state index in [4.69, 9.17) is 4.74 Å². The lowest BCUT2D eigenvalue weighted by molar-refractivity contribution is 0.398. The number of anilines is 1. The number of pyridine rings is 1. The van der Waals surface area contributed by atoms with Crippen molar-refractivity contribution in [1.82, 2.24) is 9.97 Å². The molecule has 0 fully saturated rings. The Labute approximate surface area is 111 Å². The first-order chi connectivity index (χ1) is 8.60. The molecule has 96 valence electrons. The van der Waals surface area contributed by atoms with Crippen molar-refractivity contribution in [2.75, 3.05) is 12.4 Å². The Kier molecular flexibility index (Phi) is 3.81. The predicted molar refractivity (Wildman–Crippen MR) is 74.4 cm³/mol. The van der Waals surface area contributed by atoms with Crippen LogP contribution in [0, 0.1) is 13.8 Å². The van der Waals surface area contributed by atoms with Crippen LogP contribution in [-0.4, -0.2) is 17.1 Å². The molecule has 2 heterocycles. The van der Waals surface area contributed by atoms with E-state index in [1.165, 1.54) is 4.88 Å². The average molecular weight is 263 g/mol. The van der Waals surface area contributed by atoms with Crippen molar-refractivity contribution in [3.8, 4) is 5.88 Å². The van der Waals surface area contributed by atoms with E-state index in [0.29, 0.717) is 5.88 Å². The minimum atomic E-state index is 0.171. The fraction of sp³-hybridized carbons (Fsp3) is 0.385. The molecule has 0 saturated carbocycles. The number of aromatic nitrogens is 2. The van der Waals surface area contributed by atoms with E-state index in [0.717, 1.165) is 16.4 Å². The van der Waals surface area contributed by atoms with Crippen molar-refractivity contribution >= 4 is 17.0 Å².